The Labute approximate surface area is 121 Å². The highest BCUT2D eigenvalue weighted by atomic mass is 16.6. The molecule has 0 aromatic carbocycles. The molecule has 2 unspecified atom stereocenters. The van der Waals surface area contributed by atoms with Crippen molar-refractivity contribution in [3.63, 3.8) is 0 Å². The number of likely N-dealkylation sites (tertiary alicyclic amines) is 1. The van der Waals surface area contributed by atoms with Gasteiger partial charge in [0.15, 0.2) is 0 Å². The molecule has 20 heavy (non-hydrogen) atoms. The second-order valence-corrected chi connectivity index (χ2v) is 5.50. The first-order valence-corrected chi connectivity index (χ1v) is 7.83. The second-order valence-electron chi connectivity index (χ2n) is 5.50. The third-order valence-corrected chi connectivity index (χ3v) is 4.06. The summed E-state index contributed by atoms with van der Waals surface area (Å²) in [6.45, 7) is 4.61. The standard InChI is InChI=1S/C15H28N2O3/c1-3-12-8-7-9-13(4-2)17(12)15(19)20-11-6-5-10-14(16)18/h12-13H,3-11H2,1-2H3,(H2,16,18). The number of nitrogens with two attached hydrogens (primary N) is 1. The van der Waals surface area contributed by atoms with E-state index in [0.717, 1.165) is 25.7 Å². The Kier molecular flexibility index (Phi) is 7.41. The zero-order valence-corrected chi connectivity index (χ0v) is 12.8. The van der Waals surface area contributed by atoms with Gasteiger partial charge in [-0.3, -0.25) is 4.79 Å². The van der Waals surface area contributed by atoms with Gasteiger partial charge >= 0.3 is 6.09 Å². The summed E-state index contributed by atoms with van der Waals surface area (Å²) in [5.74, 6) is -0.301. The van der Waals surface area contributed by atoms with Crippen molar-refractivity contribution in [1.29, 1.82) is 0 Å². The van der Waals surface area contributed by atoms with Crippen LogP contribution in [0.25, 0.3) is 0 Å². The van der Waals surface area contributed by atoms with Crippen molar-refractivity contribution in [1.82, 2.24) is 4.90 Å². The first-order chi connectivity index (χ1) is 9.60. The monoisotopic (exact) mass is 284 g/mol. The largest absolute Gasteiger partial charge is 0.449 e. The molecule has 0 aromatic rings. The molecule has 1 fully saturated rings. The second kappa shape index (κ2) is 8.82. The normalized spacial score (nSPS) is 22.6. The molecule has 5 nitrogen and oxygen atoms in total. The van der Waals surface area contributed by atoms with Gasteiger partial charge in [-0.1, -0.05) is 13.8 Å². The maximum absolute atomic E-state index is 12.2. The SMILES string of the molecule is CCC1CCCC(CC)N1C(=O)OCCCCC(N)=O. The molecule has 2 N–H and O–H groups in total. The smallest absolute Gasteiger partial charge is 0.410 e. The molecule has 0 saturated carbocycles. The van der Waals surface area contributed by atoms with Crippen LogP contribution in [0.5, 0.6) is 0 Å². The average Bonchev–Trinajstić information content (AvgIpc) is 2.45. The quantitative estimate of drug-likeness (QED) is 0.731. The lowest BCUT2D eigenvalue weighted by atomic mass is 9.93. The van der Waals surface area contributed by atoms with Crippen LogP contribution in [-0.4, -0.2) is 35.6 Å². The molecule has 0 aliphatic carbocycles. The van der Waals surface area contributed by atoms with Crippen LogP contribution in [0, 0.1) is 0 Å². The topological polar surface area (TPSA) is 72.6 Å². The molecule has 2 atom stereocenters. The van der Waals surface area contributed by atoms with E-state index in [4.69, 9.17) is 10.5 Å². The van der Waals surface area contributed by atoms with Gasteiger partial charge in [0.05, 0.1) is 6.61 Å². The van der Waals surface area contributed by atoms with Crippen molar-refractivity contribution in [3.8, 4) is 0 Å². The number of rotatable bonds is 7. The zero-order chi connectivity index (χ0) is 15.0. The summed E-state index contributed by atoms with van der Waals surface area (Å²) < 4.78 is 5.36. The van der Waals surface area contributed by atoms with Gasteiger partial charge in [-0.05, 0) is 44.9 Å². The summed E-state index contributed by atoms with van der Waals surface area (Å²) in [6.07, 6.45) is 6.83. The number of hydrogen-bond acceptors (Lipinski definition) is 3. The van der Waals surface area contributed by atoms with Crippen LogP contribution in [0.1, 0.15) is 65.2 Å². The number of hydrogen-bond donors (Lipinski definition) is 1. The van der Waals surface area contributed by atoms with Crippen LogP contribution in [0.4, 0.5) is 4.79 Å². The Hall–Kier alpha value is -1.26. The van der Waals surface area contributed by atoms with E-state index in [1.165, 1.54) is 6.42 Å². The highest BCUT2D eigenvalue weighted by Crippen LogP contribution is 2.27. The fourth-order valence-electron chi connectivity index (χ4n) is 2.90. The Bertz CT molecular complexity index is 308. The predicted molar refractivity (Wildman–Crippen MR) is 78.2 cm³/mol. The third-order valence-electron chi connectivity index (χ3n) is 4.06. The fraction of sp³-hybridized carbons (Fsp3) is 0.867. The van der Waals surface area contributed by atoms with Gasteiger partial charge < -0.3 is 15.4 Å². The number of carbonyl (C=O) groups excluding carboxylic acids is 2. The Morgan fingerprint density at radius 2 is 1.75 bits per heavy atom. The lowest BCUT2D eigenvalue weighted by Crippen LogP contribution is -2.49. The number of amides is 2. The average molecular weight is 284 g/mol. The summed E-state index contributed by atoms with van der Waals surface area (Å²) in [6, 6.07) is 0.624. The minimum atomic E-state index is -0.301. The molecule has 0 bridgehead atoms. The summed E-state index contributed by atoms with van der Waals surface area (Å²) in [5.41, 5.74) is 5.07. The number of primary amides is 1. The molecule has 0 spiro atoms. The number of nitrogens with zero attached hydrogens (tertiary/aromatic N) is 1. The minimum absolute atomic E-state index is 0.192. The number of carbonyl (C=O) groups is 2. The number of piperidine rings is 1. The summed E-state index contributed by atoms with van der Waals surface area (Å²) >= 11 is 0. The number of unbranched alkanes of at least 4 members (excludes halogenated alkanes) is 1. The van der Waals surface area contributed by atoms with Gasteiger partial charge in [0.1, 0.15) is 0 Å². The molecular formula is C15H28N2O3. The number of ether oxygens (including phenoxy) is 1. The van der Waals surface area contributed by atoms with Crippen molar-refractivity contribution in [2.75, 3.05) is 6.61 Å². The molecule has 2 amide bonds. The van der Waals surface area contributed by atoms with E-state index in [2.05, 4.69) is 13.8 Å². The molecule has 5 heteroatoms. The first kappa shape index (κ1) is 16.8. The summed E-state index contributed by atoms with van der Waals surface area (Å²) in [5, 5.41) is 0. The lowest BCUT2D eigenvalue weighted by molar-refractivity contribution is -0.118. The zero-order valence-electron chi connectivity index (χ0n) is 12.8. The highest BCUT2D eigenvalue weighted by Gasteiger charge is 2.33. The van der Waals surface area contributed by atoms with Crippen LogP contribution in [0.15, 0.2) is 0 Å². The molecule has 0 aromatic heterocycles. The van der Waals surface area contributed by atoms with Gasteiger partial charge in [-0.2, -0.15) is 0 Å². The molecule has 1 aliphatic heterocycles. The van der Waals surface area contributed by atoms with Crippen LogP contribution in [0.2, 0.25) is 0 Å². The van der Waals surface area contributed by atoms with Crippen molar-refractivity contribution in [2.45, 2.75) is 77.3 Å². The van der Waals surface area contributed by atoms with E-state index < -0.39 is 0 Å². The maximum Gasteiger partial charge on any atom is 0.410 e. The lowest BCUT2D eigenvalue weighted by Gasteiger charge is -2.40. The molecule has 1 heterocycles. The van der Waals surface area contributed by atoms with Crippen LogP contribution in [0.3, 0.4) is 0 Å². The van der Waals surface area contributed by atoms with E-state index in [0.29, 0.717) is 38.0 Å². The molecular weight excluding hydrogens is 256 g/mol. The van der Waals surface area contributed by atoms with Gasteiger partial charge in [0.25, 0.3) is 0 Å². The van der Waals surface area contributed by atoms with E-state index >= 15 is 0 Å². The van der Waals surface area contributed by atoms with E-state index in [-0.39, 0.29) is 12.0 Å². The first-order valence-electron chi connectivity index (χ1n) is 7.83. The maximum atomic E-state index is 12.2. The molecule has 1 aliphatic rings. The molecule has 1 rings (SSSR count). The summed E-state index contributed by atoms with van der Waals surface area (Å²) in [7, 11) is 0. The highest BCUT2D eigenvalue weighted by molar-refractivity contribution is 5.73. The van der Waals surface area contributed by atoms with Crippen LogP contribution < -0.4 is 5.73 Å². The van der Waals surface area contributed by atoms with E-state index in [9.17, 15) is 9.59 Å². The van der Waals surface area contributed by atoms with Crippen LogP contribution >= 0.6 is 0 Å². The third kappa shape index (κ3) is 5.02. The van der Waals surface area contributed by atoms with Gasteiger partial charge in [0, 0.05) is 18.5 Å². The summed E-state index contributed by atoms with van der Waals surface area (Å²) in [4.78, 5) is 24.8. The fourth-order valence-corrected chi connectivity index (χ4v) is 2.90. The molecule has 116 valence electrons. The van der Waals surface area contributed by atoms with Gasteiger partial charge in [0.2, 0.25) is 5.91 Å². The van der Waals surface area contributed by atoms with Crippen molar-refractivity contribution in [3.05, 3.63) is 0 Å². The van der Waals surface area contributed by atoms with E-state index in [1.54, 1.807) is 0 Å². The Morgan fingerprint density at radius 1 is 1.15 bits per heavy atom. The van der Waals surface area contributed by atoms with Gasteiger partial charge in [-0.25, -0.2) is 4.79 Å². The molecule has 0 radical (unpaired) electrons. The Morgan fingerprint density at radius 3 is 2.25 bits per heavy atom. The van der Waals surface area contributed by atoms with Crippen molar-refractivity contribution < 1.29 is 14.3 Å². The van der Waals surface area contributed by atoms with Crippen molar-refractivity contribution in [2.24, 2.45) is 5.73 Å². The predicted octanol–water partition coefficient (Wildman–Crippen LogP) is 2.82. The van der Waals surface area contributed by atoms with Crippen LogP contribution in [-0.2, 0) is 9.53 Å². The Balaban J connectivity index is 2.39. The van der Waals surface area contributed by atoms with Crippen molar-refractivity contribution >= 4 is 12.0 Å². The van der Waals surface area contributed by atoms with Gasteiger partial charge in [-0.15, -0.1) is 0 Å². The van der Waals surface area contributed by atoms with E-state index in [1.807, 2.05) is 4.90 Å². The molecule has 1 saturated heterocycles. The minimum Gasteiger partial charge on any atom is -0.449 e.